The van der Waals surface area contributed by atoms with Crippen LogP contribution in [0.15, 0.2) is 36.4 Å². The van der Waals surface area contributed by atoms with E-state index >= 15 is 0 Å². The smallest absolute Gasteiger partial charge is 0.131 e. The summed E-state index contributed by atoms with van der Waals surface area (Å²) < 4.78 is 27.9. The lowest BCUT2D eigenvalue weighted by Crippen LogP contribution is -2.22. The lowest BCUT2D eigenvalue weighted by Gasteiger charge is -2.22. The van der Waals surface area contributed by atoms with Crippen molar-refractivity contribution in [1.29, 1.82) is 0 Å². The number of hydrogen-bond donors (Lipinski definition) is 1. The summed E-state index contributed by atoms with van der Waals surface area (Å²) in [5.41, 5.74) is 3.03. The molecular formula is C16H17F2N. The summed E-state index contributed by atoms with van der Waals surface area (Å²) >= 11 is 0. The molecule has 2 aromatic rings. The van der Waals surface area contributed by atoms with Gasteiger partial charge in [-0.1, -0.05) is 24.3 Å². The molecule has 0 aliphatic rings. The average molecular weight is 261 g/mol. The number of halogens is 2. The Morgan fingerprint density at radius 1 is 0.842 bits per heavy atom. The van der Waals surface area contributed by atoms with Crippen LogP contribution in [0.1, 0.15) is 28.3 Å². The van der Waals surface area contributed by atoms with Crippen LogP contribution < -0.4 is 5.32 Å². The van der Waals surface area contributed by atoms with Gasteiger partial charge in [-0.2, -0.15) is 0 Å². The van der Waals surface area contributed by atoms with Gasteiger partial charge in [-0.15, -0.1) is 0 Å². The van der Waals surface area contributed by atoms with Crippen LogP contribution in [0.2, 0.25) is 0 Å². The van der Waals surface area contributed by atoms with E-state index in [2.05, 4.69) is 5.32 Å². The normalized spacial score (nSPS) is 12.5. The van der Waals surface area contributed by atoms with E-state index in [0.717, 1.165) is 16.7 Å². The Labute approximate surface area is 112 Å². The molecule has 0 amide bonds. The molecule has 1 nitrogen and oxygen atoms in total. The molecule has 0 aromatic heterocycles. The predicted molar refractivity (Wildman–Crippen MR) is 73.2 cm³/mol. The summed E-state index contributed by atoms with van der Waals surface area (Å²) in [6.07, 6.45) is 0. The molecule has 1 unspecified atom stereocenters. The first kappa shape index (κ1) is 13.7. The van der Waals surface area contributed by atoms with Crippen molar-refractivity contribution in [3.05, 3.63) is 70.3 Å². The highest BCUT2D eigenvalue weighted by Crippen LogP contribution is 2.30. The molecule has 0 saturated heterocycles. The monoisotopic (exact) mass is 261 g/mol. The standard InChI is InChI=1S/C16H17F2N/c1-10-6-4-7-11(2)14(10)16(19-3)15-12(17)8-5-9-13(15)18/h4-9,16,19H,1-3H3. The summed E-state index contributed by atoms with van der Waals surface area (Å²) in [5, 5.41) is 3.02. The van der Waals surface area contributed by atoms with Crippen molar-refractivity contribution in [3.8, 4) is 0 Å². The molecule has 0 aliphatic heterocycles. The number of hydrogen-bond acceptors (Lipinski definition) is 1. The van der Waals surface area contributed by atoms with Crippen molar-refractivity contribution in [2.75, 3.05) is 7.05 Å². The molecule has 0 saturated carbocycles. The van der Waals surface area contributed by atoms with Gasteiger partial charge in [0.1, 0.15) is 11.6 Å². The van der Waals surface area contributed by atoms with Crippen LogP contribution in [0, 0.1) is 25.5 Å². The summed E-state index contributed by atoms with van der Waals surface area (Å²) in [6, 6.07) is 9.32. The second-order valence-electron chi connectivity index (χ2n) is 4.66. The van der Waals surface area contributed by atoms with Gasteiger partial charge in [0.2, 0.25) is 0 Å². The summed E-state index contributed by atoms with van der Waals surface area (Å²) in [4.78, 5) is 0. The van der Waals surface area contributed by atoms with E-state index in [-0.39, 0.29) is 5.56 Å². The number of nitrogens with one attached hydrogen (secondary N) is 1. The fourth-order valence-electron chi connectivity index (χ4n) is 2.50. The van der Waals surface area contributed by atoms with Crippen LogP contribution in [0.3, 0.4) is 0 Å². The van der Waals surface area contributed by atoms with Crippen LogP contribution in [0.5, 0.6) is 0 Å². The van der Waals surface area contributed by atoms with Crippen LogP contribution in [0.4, 0.5) is 8.78 Å². The zero-order valence-corrected chi connectivity index (χ0v) is 11.3. The van der Waals surface area contributed by atoms with Crippen molar-refractivity contribution in [1.82, 2.24) is 5.32 Å². The molecule has 0 bridgehead atoms. The minimum absolute atomic E-state index is 0.0717. The largest absolute Gasteiger partial charge is 0.309 e. The maximum atomic E-state index is 14.0. The fraction of sp³-hybridized carbons (Fsp3) is 0.250. The second-order valence-corrected chi connectivity index (χ2v) is 4.66. The lowest BCUT2D eigenvalue weighted by atomic mass is 9.91. The van der Waals surface area contributed by atoms with Crippen molar-refractivity contribution in [2.24, 2.45) is 0 Å². The summed E-state index contributed by atoms with van der Waals surface area (Å²) in [5.74, 6) is -1.05. The molecule has 2 aromatic carbocycles. The Kier molecular flexibility index (Phi) is 3.96. The highest BCUT2D eigenvalue weighted by atomic mass is 19.1. The first-order valence-electron chi connectivity index (χ1n) is 6.23. The van der Waals surface area contributed by atoms with Gasteiger partial charge in [0, 0.05) is 5.56 Å². The van der Waals surface area contributed by atoms with Gasteiger partial charge < -0.3 is 5.32 Å². The van der Waals surface area contributed by atoms with E-state index in [0.29, 0.717) is 0 Å². The Morgan fingerprint density at radius 2 is 1.32 bits per heavy atom. The molecular weight excluding hydrogens is 244 g/mol. The Balaban J connectivity index is 2.64. The number of benzene rings is 2. The molecule has 1 atom stereocenters. The summed E-state index contributed by atoms with van der Waals surface area (Å²) in [6.45, 7) is 3.90. The molecule has 2 rings (SSSR count). The van der Waals surface area contributed by atoms with E-state index in [1.54, 1.807) is 7.05 Å². The van der Waals surface area contributed by atoms with Crippen molar-refractivity contribution in [3.63, 3.8) is 0 Å². The molecule has 3 heteroatoms. The number of rotatable bonds is 3. The molecule has 0 radical (unpaired) electrons. The summed E-state index contributed by atoms with van der Waals surface area (Å²) in [7, 11) is 1.71. The Hall–Kier alpha value is -1.74. The topological polar surface area (TPSA) is 12.0 Å². The van der Waals surface area contributed by atoms with Crippen molar-refractivity contribution in [2.45, 2.75) is 19.9 Å². The highest BCUT2D eigenvalue weighted by Gasteiger charge is 2.22. The second kappa shape index (κ2) is 5.49. The first-order chi connectivity index (χ1) is 9.06. The highest BCUT2D eigenvalue weighted by molar-refractivity contribution is 5.42. The molecule has 1 N–H and O–H groups in total. The van der Waals surface area contributed by atoms with Crippen molar-refractivity contribution < 1.29 is 8.78 Å². The quantitative estimate of drug-likeness (QED) is 0.883. The van der Waals surface area contributed by atoms with Gasteiger partial charge in [0.05, 0.1) is 6.04 Å². The predicted octanol–water partition coefficient (Wildman–Crippen LogP) is 3.89. The Morgan fingerprint density at radius 3 is 1.79 bits per heavy atom. The van der Waals surface area contributed by atoms with Gasteiger partial charge in [-0.05, 0) is 49.7 Å². The van der Waals surface area contributed by atoms with E-state index in [1.165, 1.54) is 18.2 Å². The zero-order chi connectivity index (χ0) is 14.0. The maximum Gasteiger partial charge on any atom is 0.131 e. The number of aryl methyl sites for hydroxylation is 2. The molecule has 0 aliphatic carbocycles. The first-order valence-corrected chi connectivity index (χ1v) is 6.23. The minimum Gasteiger partial charge on any atom is -0.309 e. The van der Waals surface area contributed by atoms with Crippen LogP contribution >= 0.6 is 0 Å². The van der Waals surface area contributed by atoms with Gasteiger partial charge in [0.15, 0.2) is 0 Å². The lowest BCUT2D eigenvalue weighted by molar-refractivity contribution is 0.520. The van der Waals surface area contributed by atoms with E-state index < -0.39 is 17.7 Å². The molecule has 19 heavy (non-hydrogen) atoms. The van der Waals surface area contributed by atoms with Crippen molar-refractivity contribution >= 4 is 0 Å². The molecule has 0 fully saturated rings. The van der Waals surface area contributed by atoms with Gasteiger partial charge in [-0.3, -0.25) is 0 Å². The van der Waals surface area contributed by atoms with E-state index in [4.69, 9.17) is 0 Å². The van der Waals surface area contributed by atoms with Gasteiger partial charge in [-0.25, -0.2) is 8.78 Å². The maximum absolute atomic E-state index is 14.0. The van der Waals surface area contributed by atoms with Gasteiger partial charge in [0.25, 0.3) is 0 Å². The van der Waals surface area contributed by atoms with Gasteiger partial charge >= 0.3 is 0 Å². The molecule has 0 spiro atoms. The third-order valence-electron chi connectivity index (χ3n) is 3.41. The van der Waals surface area contributed by atoms with E-state index in [1.807, 2.05) is 32.0 Å². The van der Waals surface area contributed by atoms with Crippen LogP contribution in [0.25, 0.3) is 0 Å². The zero-order valence-electron chi connectivity index (χ0n) is 11.3. The van der Waals surface area contributed by atoms with E-state index in [9.17, 15) is 8.78 Å². The fourth-order valence-corrected chi connectivity index (χ4v) is 2.50. The van der Waals surface area contributed by atoms with Crippen LogP contribution in [-0.2, 0) is 0 Å². The van der Waals surface area contributed by atoms with Crippen LogP contribution in [-0.4, -0.2) is 7.05 Å². The molecule has 100 valence electrons. The third-order valence-corrected chi connectivity index (χ3v) is 3.41. The Bertz CT molecular complexity index is 501. The molecule has 0 heterocycles. The third kappa shape index (κ3) is 2.51. The average Bonchev–Trinajstić information content (AvgIpc) is 2.36. The minimum atomic E-state index is -0.526. The SMILES string of the molecule is CNC(c1c(C)cccc1C)c1c(F)cccc1F.